The molecule has 2 aromatic carbocycles. The van der Waals surface area contributed by atoms with Crippen LogP contribution >= 0.6 is 0 Å². The summed E-state index contributed by atoms with van der Waals surface area (Å²) in [4.78, 5) is -0.152. The molecule has 79 valence electrons. The summed E-state index contributed by atoms with van der Waals surface area (Å²) in [5.74, 6) is 0.113. The third kappa shape index (κ3) is 2.75. The summed E-state index contributed by atoms with van der Waals surface area (Å²) in [5.41, 5.74) is 0. The van der Waals surface area contributed by atoms with Crippen molar-refractivity contribution in [3.8, 4) is 5.75 Å². The SMILES string of the molecule is O=S(=O)(O)c1ccc2cc(O)ccc2c1.[Na]. The summed E-state index contributed by atoms with van der Waals surface area (Å²) in [6.07, 6.45) is 0. The Bertz CT molecular complexity index is 622. The number of hydrogen-bond acceptors (Lipinski definition) is 3. The second kappa shape index (κ2) is 4.73. The Morgan fingerprint density at radius 2 is 1.50 bits per heavy atom. The van der Waals surface area contributed by atoms with E-state index >= 15 is 0 Å². The summed E-state index contributed by atoms with van der Waals surface area (Å²) >= 11 is 0. The first-order chi connectivity index (χ1) is 6.97. The molecule has 0 heterocycles. The second-order valence-corrected chi connectivity index (χ2v) is 4.59. The van der Waals surface area contributed by atoms with Crippen LogP contribution in [0.4, 0.5) is 0 Å². The molecule has 0 aliphatic heterocycles. The van der Waals surface area contributed by atoms with E-state index in [9.17, 15) is 13.5 Å². The Labute approximate surface area is 115 Å². The molecule has 0 bridgehead atoms. The molecule has 0 fully saturated rings. The maximum Gasteiger partial charge on any atom is 0.294 e. The van der Waals surface area contributed by atoms with E-state index in [4.69, 9.17) is 4.55 Å². The van der Waals surface area contributed by atoms with E-state index in [1.807, 2.05) is 0 Å². The van der Waals surface area contributed by atoms with Crippen molar-refractivity contribution in [2.75, 3.05) is 0 Å². The Morgan fingerprint density at radius 3 is 2.12 bits per heavy atom. The van der Waals surface area contributed by atoms with Crippen molar-refractivity contribution >= 4 is 50.4 Å². The molecule has 0 unspecified atom stereocenters. The first-order valence-electron chi connectivity index (χ1n) is 4.17. The predicted molar refractivity (Wildman–Crippen MR) is 61.2 cm³/mol. The Morgan fingerprint density at radius 1 is 0.938 bits per heavy atom. The molecule has 0 aliphatic carbocycles. The molecule has 0 saturated heterocycles. The fraction of sp³-hybridized carbons (Fsp3) is 0. The predicted octanol–water partition coefficient (Wildman–Crippen LogP) is 1.41. The first kappa shape index (κ1) is 13.5. The third-order valence-electron chi connectivity index (χ3n) is 2.09. The Hall–Kier alpha value is -0.590. The average Bonchev–Trinajstić information content (AvgIpc) is 2.15. The van der Waals surface area contributed by atoms with Crippen molar-refractivity contribution in [3.05, 3.63) is 36.4 Å². The number of aromatic hydroxyl groups is 1. The van der Waals surface area contributed by atoms with Crippen molar-refractivity contribution < 1.29 is 18.1 Å². The maximum absolute atomic E-state index is 10.8. The molecule has 0 amide bonds. The van der Waals surface area contributed by atoms with Crippen LogP contribution in [0.25, 0.3) is 10.8 Å². The van der Waals surface area contributed by atoms with E-state index in [1.54, 1.807) is 6.07 Å². The van der Waals surface area contributed by atoms with Crippen LogP contribution in [0.3, 0.4) is 0 Å². The van der Waals surface area contributed by atoms with Crippen LogP contribution in [0.15, 0.2) is 41.3 Å². The molecule has 6 heteroatoms. The molecule has 0 aliphatic rings. The molecule has 0 aromatic heterocycles. The van der Waals surface area contributed by atoms with Gasteiger partial charge in [-0.25, -0.2) is 0 Å². The van der Waals surface area contributed by atoms with Crippen LogP contribution in [0.2, 0.25) is 0 Å². The molecular formula is C10H8NaO4S. The summed E-state index contributed by atoms with van der Waals surface area (Å²) in [5, 5.41) is 10.5. The van der Waals surface area contributed by atoms with Crippen LogP contribution in [0.1, 0.15) is 0 Å². The van der Waals surface area contributed by atoms with E-state index in [1.165, 1.54) is 30.3 Å². The zero-order valence-electron chi connectivity index (χ0n) is 8.58. The largest absolute Gasteiger partial charge is 0.508 e. The monoisotopic (exact) mass is 247 g/mol. The van der Waals surface area contributed by atoms with Crippen LogP contribution < -0.4 is 0 Å². The fourth-order valence-electron chi connectivity index (χ4n) is 1.37. The Balaban J connectivity index is 0.00000128. The minimum absolute atomic E-state index is 0. The van der Waals surface area contributed by atoms with Gasteiger partial charge in [-0.1, -0.05) is 12.1 Å². The smallest absolute Gasteiger partial charge is 0.294 e. The van der Waals surface area contributed by atoms with Gasteiger partial charge in [0.2, 0.25) is 0 Å². The van der Waals surface area contributed by atoms with Crippen LogP contribution in [0.5, 0.6) is 5.75 Å². The van der Waals surface area contributed by atoms with Gasteiger partial charge in [-0.2, -0.15) is 8.42 Å². The van der Waals surface area contributed by atoms with Gasteiger partial charge >= 0.3 is 0 Å². The number of benzene rings is 2. The van der Waals surface area contributed by atoms with Gasteiger partial charge in [0.15, 0.2) is 0 Å². The average molecular weight is 247 g/mol. The molecule has 16 heavy (non-hydrogen) atoms. The molecule has 2 N–H and O–H groups in total. The van der Waals surface area contributed by atoms with Gasteiger partial charge in [0.25, 0.3) is 10.1 Å². The first-order valence-corrected chi connectivity index (χ1v) is 5.61. The Kier molecular flexibility index (Phi) is 3.98. The molecule has 2 rings (SSSR count). The summed E-state index contributed by atoms with van der Waals surface area (Å²) in [7, 11) is -4.17. The number of rotatable bonds is 1. The van der Waals surface area contributed by atoms with Crippen molar-refractivity contribution in [3.63, 3.8) is 0 Å². The molecule has 1 radical (unpaired) electrons. The van der Waals surface area contributed by atoms with Crippen LogP contribution in [-0.2, 0) is 10.1 Å². The van der Waals surface area contributed by atoms with E-state index in [0.29, 0.717) is 10.8 Å². The van der Waals surface area contributed by atoms with Crippen LogP contribution in [-0.4, -0.2) is 47.6 Å². The van der Waals surface area contributed by atoms with Gasteiger partial charge in [-0.15, -0.1) is 0 Å². The number of phenols is 1. The molecular weight excluding hydrogens is 239 g/mol. The van der Waals surface area contributed by atoms with Crippen molar-refractivity contribution in [1.82, 2.24) is 0 Å². The normalized spacial score (nSPS) is 11.1. The van der Waals surface area contributed by atoms with E-state index in [-0.39, 0.29) is 40.2 Å². The molecule has 0 atom stereocenters. The topological polar surface area (TPSA) is 74.6 Å². The van der Waals surface area contributed by atoms with E-state index < -0.39 is 10.1 Å². The third-order valence-corrected chi connectivity index (χ3v) is 2.94. The maximum atomic E-state index is 10.8. The summed E-state index contributed by atoms with van der Waals surface area (Å²) in [6, 6.07) is 8.72. The fourth-order valence-corrected chi connectivity index (χ4v) is 1.89. The summed E-state index contributed by atoms with van der Waals surface area (Å²) in [6.45, 7) is 0. The van der Waals surface area contributed by atoms with Gasteiger partial charge < -0.3 is 5.11 Å². The van der Waals surface area contributed by atoms with Crippen molar-refractivity contribution in [1.29, 1.82) is 0 Å². The van der Waals surface area contributed by atoms with E-state index in [0.717, 1.165) is 0 Å². The van der Waals surface area contributed by atoms with Gasteiger partial charge in [0.05, 0.1) is 4.90 Å². The van der Waals surface area contributed by atoms with E-state index in [2.05, 4.69) is 0 Å². The number of fused-ring (bicyclic) bond motifs is 1. The zero-order valence-corrected chi connectivity index (χ0v) is 11.4. The molecule has 0 saturated carbocycles. The molecule has 2 aromatic rings. The van der Waals surface area contributed by atoms with Crippen molar-refractivity contribution in [2.45, 2.75) is 4.90 Å². The standard InChI is InChI=1S/C10H8O4S.Na/c11-9-3-1-8-6-10(15(12,13)14)4-2-7(8)5-9;/h1-6,11H,(H,12,13,14);. The summed E-state index contributed by atoms with van der Waals surface area (Å²) < 4.78 is 30.5. The molecule has 4 nitrogen and oxygen atoms in total. The second-order valence-electron chi connectivity index (χ2n) is 3.17. The van der Waals surface area contributed by atoms with Crippen molar-refractivity contribution in [2.24, 2.45) is 0 Å². The minimum atomic E-state index is -4.17. The number of hydrogen-bond donors (Lipinski definition) is 2. The zero-order chi connectivity index (χ0) is 11.1. The van der Waals surface area contributed by atoms with Gasteiger partial charge in [-0.05, 0) is 35.0 Å². The number of phenolic OH excluding ortho intramolecular Hbond substituents is 1. The van der Waals surface area contributed by atoms with Gasteiger partial charge in [0, 0.05) is 29.6 Å². The minimum Gasteiger partial charge on any atom is -0.508 e. The van der Waals surface area contributed by atoms with Gasteiger partial charge in [0.1, 0.15) is 5.75 Å². The van der Waals surface area contributed by atoms with Crippen LogP contribution in [0, 0.1) is 0 Å². The van der Waals surface area contributed by atoms with Gasteiger partial charge in [-0.3, -0.25) is 4.55 Å². The molecule has 0 spiro atoms. The quantitative estimate of drug-likeness (QED) is 0.590.